The number of unbranched alkanes of at least 4 members (excludes halogenated alkanes) is 1. The van der Waals surface area contributed by atoms with Crippen LogP contribution < -0.4 is 5.32 Å². The Bertz CT molecular complexity index is 577. The summed E-state index contributed by atoms with van der Waals surface area (Å²) in [5, 5.41) is 12.3. The minimum absolute atomic E-state index is 0.588. The third kappa shape index (κ3) is 2.86. The third-order valence-corrected chi connectivity index (χ3v) is 3.23. The number of aryl methyl sites for hydroxylation is 1. The van der Waals surface area contributed by atoms with E-state index in [4.69, 9.17) is 0 Å². The number of hydrogen-bond acceptors (Lipinski definition) is 3. The molecule has 2 aromatic rings. The van der Waals surface area contributed by atoms with Crippen molar-refractivity contribution in [1.82, 2.24) is 9.55 Å². The molecular formula is C14H19N3O2. The number of benzene rings is 1. The van der Waals surface area contributed by atoms with Gasteiger partial charge in [0.25, 0.3) is 0 Å². The number of fused-ring (bicyclic) bond motifs is 1. The van der Waals surface area contributed by atoms with E-state index in [-0.39, 0.29) is 0 Å². The van der Waals surface area contributed by atoms with Crippen molar-refractivity contribution in [1.29, 1.82) is 0 Å². The van der Waals surface area contributed by atoms with Crippen LogP contribution in [0.25, 0.3) is 11.0 Å². The molecule has 5 nitrogen and oxygen atoms in total. The number of aromatic nitrogens is 2. The standard InChI is InChI=1S/C14H19N3O2/c1-3-4-7-11(13(18)19)16-14-15-10-8-5-6-9-12(10)17(14)2/h5-6,8-9,11H,3-4,7H2,1-2H3,(H,15,16)(H,18,19). The Labute approximate surface area is 112 Å². The van der Waals surface area contributed by atoms with Gasteiger partial charge in [0.1, 0.15) is 6.04 Å². The zero-order valence-electron chi connectivity index (χ0n) is 11.3. The van der Waals surface area contributed by atoms with Crippen molar-refractivity contribution >= 4 is 23.0 Å². The molecule has 1 unspecified atom stereocenters. The summed E-state index contributed by atoms with van der Waals surface area (Å²) in [7, 11) is 1.89. The van der Waals surface area contributed by atoms with Gasteiger partial charge in [0, 0.05) is 7.05 Å². The summed E-state index contributed by atoms with van der Waals surface area (Å²) in [6, 6.07) is 7.16. The first kappa shape index (κ1) is 13.4. The van der Waals surface area contributed by atoms with Crippen molar-refractivity contribution in [3.63, 3.8) is 0 Å². The molecule has 0 aliphatic rings. The molecule has 0 bridgehead atoms. The summed E-state index contributed by atoms with van der Waals surface area (Å²) in [5.74, 6) is -0.231. The highest BCUT2D eigenvalue weighted by atomic mass is 16.4. The number of carboxylic acids is 1. The van der Waals surface area contributed by atoms with Crippen molar-refractivity contribution < 1.29 is 9.90 Å². The van der Waals surface area contributed by atoms with Gasteiger partial charge in [-0.2, -0.15) is 0 Å². The van der Waals surface area contributed by atoms with Crippen LogP contribution in [0.5, 0.6) is 0 Å². The Balaban J connectivity index is 2.23. The number of anilines is 1. The van der Waals surface area contributed by atoms with Gasteiger partial charge in [0.2, 0.25) is 5.95 Å². The predicted octanol–water partition coefficient (Wildman–Crippen LogP) is 2.63. The van der Waals surface area contributed by atoms with Crippen LogP contribution in [-0.4, -0.2) is 26.7 Å². The van der Waals surface area contributed by atoms with Gasteiger partial charge in [0.15, 0.2) is 0 Å². The summed E-state index contributed by atoms with van der Waals surface area (Å²) in [4.78, 5) is 15.7. The lowest BCUT2D eigenvalue weighted by molar-refractivity contribution is -0.138. The number of para-hydroxylation sites is 2. The van der Waals surface area contributed by atoms with Gasteiger partial charge >= 0.3 is 5.97 Å². The Hall–Kier alpha value is -2.04. The average Bonchev–Trinajstić information content (AvgIpc) is 2.71. The summed E-state index contributed by atoms with van der Waals surface area (Å²) < 4.78 is 1.89. The monoisotopic (exact) mass is 261 g/mol. The van der Waals surface area contributed by atoms with E-state index < -0.39 is 12.0 Å². The third-order valence-electron chi connectivity index (χ3n) is 3.23. The molecule has 0 saturated carbocycles. The first-order chi connectivity index (χ1) is 9.13. The predicted molar refractivity (Wildman–Crippen MR) is 75.3 cm³/mol. The Kier molecular flexibility index (Phi) is 4.04. The molecular weight excluding hydrogens is 242 g/mol. The fourth-order valence-corrected chi connectivity index (χ4v) is 2.10. The number of hydrogen-bond donors (Lipinski definition) is 2. The smallest absolute Gasteiger partial charge is 0.326 e. The molecule has 0 saturated heterocycles. The molecule has 102 valence electrons. The first-order valence-electron chi connectivity index (χ1n) is 6.54. The summed E-state index contributed by atoms with van der Waals surface area (Å²) in [5.41, 5.74) is 1.86. The molecule has 0 aliphatic heterocycles. The summed E-state index contributed by atoms with van der Waals surface area (Å²) >= 11 is 0. The van der Waals surface area contributed by atoms with Crippen LogP contribution >= 0.6 is 0 Å². The van der Waals surface area contributed by atoms with Gasteiger partial charge in [-0.15, -0.1) is 0 Å². The molecule has 0 fully saturated rings. The van der Waals surface area contributed by atoms with Crippen LogP contribution in [0.4, 0.5) is 5.95 Å². The molecule has 1 aromatic carbocycles. The maximum atomic E-state index is 11.2. The Morgan fingerprint density at radius 2 is 2.21 bits per heavy atom. The molecule has 0 amide bonds. The summed E-state index contributed by atoms with van der Waals surface area (Å²) in [6.07, 6.45) is 2.47. The molecule has 1 aromatic heterocycles. The second kappa shape index (κ2) is 5.73. The Morgan fingerprint density at radius 3 is 2.84 bits per heavy atom. The van der Waals surface area contributed by atoms with E-state index in [1.54, 1.807) is 0 Å². The SMILES string of the molecule is CCCCC(Nc1nc2ccccc2n1C)C(=O)O. The summed E-state index contributed by atoms with van der Waals surface area (Å²) in [6.45, 7) is 2.05. The lowest BCUT2D eigenvalue weighted by Gasteiger charge is -2.14. The molecule has 0 aliphatic carbocycles. The van der Waals surface area contributed by atoms with Crippen LogP contribution in [0.15, 0.2) is 24.3 Å². The van der Waals surface area contributed by atoms with Gasteiger partial charge in [-0.1, -0.05) is 31.9 Å². The first-order valence-corrected chi connectivity index (χ1v) is 6.54. The molecule has 19 heavy (non-hydrogen) atoms. The van der Waals surface area contributed by atoms with Gasteiger partial charge in [-0.05, 0) is 18.6 Å². The van der Waals surface area contributed by atoms with Crippen molar-refractivity contribution in [3.05, 3.63) is 24.3 Å². The van der Waals surface area contributed by atoms with E-state index >= 15 is 0 Å². The topological polar surface area (TPSA) is 67.2 Å². The lowest BCUT2D eigenvalue weighted by atomic mass is 10.1. The Morgan fingerprint density at radius 1 is 1.47 bits per heavy atom. The van der Waals surface area contributed by atoms with Crippen LogP contribution in [0.1, 0.15) is 26.2 Å². The normalized spacial score (nSPS) is 12.5. The quantitative estimate of drug-likeness (QED) is 0.838. The van der Waals surface area contributed by atoms with Gasteiger partial charge in [-0.3, -0.25) is 0 Å². The van der Waals surface area contributed by atoms with Crippen molar-refractivity contribution in [2.45, 2.75) is 32.2 Å². The molecule has 1 atom stereocenters. The van der Waals surface area contributed by atoms with Gasteiger partial charge in [-0.25, -0.2) is 9.78 Å². The lowest BCUT2D eigenvalue weighted by Crippen LogP contribution is -2.30. The number of carbonyl (C=O) groups is 1. The number of aliphatic carboxylic acids is 1. The van der Waals surface area contributed by atoms with Crippen LogP contribution in [-0.2, 0) is 11.8 Å². The van der Waals surface area contributed by atoms with E-state index in [0.29, 0.717) is 12.4 Å². The van der Waals surface area contributed by atoms with Crippen LogP contribution in [0.2, 0.25) is 0 Å². The maximum absolute atomic E-state index is 11.2. The number of imidazole rings is 1. The second-order valence-corrected chi connectivity index (χ2v) is 4.66. The minimum Gasteiger partial charge on any atom is -0.480 e. The number of rotatable bonds is 6. The molecule has 1 heterocycles. The maximum Gasteiger partial charge on any atom is 0.326 e. The van der Waals surface area contributed by atoms with E-state index in [2.05, 4.69) is 10.3 Å². The van der Waals surface area contributed by atoms with Crippen molar-refractivity contribution in [2.24, 2.45) is 7.05 Å². The average molecular weight is 261 g/mol. The van der Waals surface area contributed by atoms with E-state index in [1.807, 2.05) is 42.8 Å². The fraction of sp³-hybridized carbons (Fsp3) is 0.429. The number of nitrogens with one attached hydrogen (secondary N) is 1. The highest BCUT2D eigenvalue weighted by Crippen LogP contribution is 2.19. The van der Waals surface area contributed by atoms with Gasteiger partial charge in [0.05, 0.1) is 11.0 Å². The van der Waals surface area contributed by atoms with E-state index in [9.17, 15) is 9.90 Å². The molecule has 5 heteroatoms. The van der Waals surface area contributed by atoms with Gasteiger partial charge < -0.3 is 15.0 Å². The zero-order chi connectivity index (χ0) is 13.8. The highest BCUT2D eigenvalue weighted by Gasteiger charge is 2.19. The van der Waals surface area contributed by atoms with Crippen molar-refractivity contribution in [2.75, 3.05) is 5.32 Å². The number of carboxylic acid groups (broad SMARTS) is 1. The van der Waals surface area contributed by atoms with E-state index in [1.165, 1.54) is 0 Å². The molecule has 0 spiro atoms. The molecule has 2 N–H and O–H groups in total. The van der Waals surface area contributed by atoms with Crippen molar-refractivity contribution in [3.8, 4) is 0 Å². The minimum atomic E-state index is -0.833. The molecule has 2 rings (SSSR count). The van der Waals surface area contributed by atoms with Crippen LogP contribution in [0, 0.1) is 0 Å². The fourth-order valence-electron chi connectivity index (χ4n) is 2.10. The largest absolute Gasteiger partial charge is 0.480 e. The van der Waals surface area contributed by atoms with Crippen LogP contribution in [0.3, 0.4) is 0 Å². The second-order valence-electron chi connectivity index (χ2n) is 4.66. The molecule has 0 radical (unpaired) electrons. The number of nitrogens with zero attached hydrogens (tertiary/aromatic N) is 2. The highest BCUT2D eigenvalue weighted by molar-refractivity contribution is 5.81. The van der Waals surface area contributed by atoms with E-state index in [0.717, 1.165) is 23.9 Å². The zero-order valence-corrected chi connectivity index (χ0v) is 11.3.